The zero-order valence-corrected chi connectivity index (χ0v) is 14.5. The molecular weight excluding hydrogens is 272 g/mol. The number of benzene rings is 1. The lowest BCUT2D eigenvalue weighted by Gasteiger charge is -2.23. The second kappa shape index (κ2) is 7.15. The lowest BCUT2D eigenvalue weighted by molar-refractivity contribution is 0.202. The van der Waals surface area contributed by atoms with E-state index < -0.39 is 0 Å². The molecule has 0 aliphatic heterocycles. The summed E-state index contributed by atoms with van der Waals surface area (Å²) in [5, 5.41) is 0. The minimum Gasteiger partial charge on any atom is -0.497 e. The molecule has 0 spiro atoms. The Kier molecular flexibility index (Phi) is 5.47. The van der Waals surface area contributed by atoms with Crippen molar-refractivity contribution in [3.8, 4) is 5.75 Å². The van der Waals surface area contributed by atoms with Crippen LogP contribution in [0.5, 0.6) is 5.75 Å². The first kappa shape index (κ1) is 16.8. The maximum absolute atomic E-state index is 5.26. The number of ether oxygens (including phenoxy) is 2. The van der Waals surface area contributed by atoms with Gasteiger partial charge in [-0.2, -0.15) is 0 Å². The number of hydrogen-bond acceptors (Lipinski definition) is 2. The maximum atomic E-state index is 5.26. The predicted molar refractivity (Wildman–Crippen MR) is 92.3 cm³/mol. The van der Waals surface area contributed by atoms with E-state index in [4.69, 9.17) is 9.47 Å². The number of rotatable bonds is 6. The van der Waals surface area contributed by atoms with E-state index in [1.165, 1.54) is 16.7 Å². The van der Waals surface area contributed by atoms with Crippen molar-refractivity contribution >= 4 is 0 Å². The molecule has 0 saturated carbocycles. The van der Waals surface area contributed by atoms with Crippen molar-refractivity contribution in [2.75, 3.05) is 20.8 Å². The van der Waals surface area contributed by atoms with E-state index in [0.717, 1.165) is 25.2 Å². The van der Waals surface area contributed by atoms with Gasteiger partial charge < -0.3 is 9.47 Å². The van der Waals surface area contributed by atoms with E-state index >= 15 is 0 Å². The van der Waals surface area contributed by atoms with Crippen LogP contribution in [-0.2, 0) is 11.2 Å². The van der Waals surface area contributed by atoms with Gasteiger partial charge in [0.2, 0.25) is 0 Å². The van der Waals surface area contributed by atoms with Gasteiger partial charge in [-0.1, -0.05) is 45.1 Å². The van der Waals surface area contributed by atoms with Crippen LogP contribution in [0, 0.1) is 11.3 Å². The normalized spacial score (nSPS) is 18.1. The van der Waals surface area contributed by atoms with Crippen molar-refractivity contribution in [3.63, 3.8) is 0 Å². The molecule has 22 heavy (non-hydrogen) atoms. The highest BCUT2D eigenvalue weighted by molar-refractivity contribution is 5.43. The monoisotopic (exact) mass is 300 g/mol. The molecule has 1 unspecified atom stereocenters. The summed E-state index contributed by atoms with van der Waals surface area (Å²) in [7, 11) is 3.47. The third-order valence-electron chi connectivity index (χ3n) is 4.16. The molecule has 0 fully saturated rings. The smallest absolute Gasteiger partial charge is 0.118 e. The Morgan fingerprint density at radius 2 is 1.68 bits per heavy atom. The highest BCUT2D eigenvalue weighted by atomic mass is 16.5. The van der Waals surface area contributed by atoms with Gasteiger partial charge in [-0.3, -0.25) is 0 Å². The van der Waals surface area contributed by atoms with Gasteiger partial charge >= 0.3 is 0 Å². The van der Waals surface area contributed by atoms with Crippen LogP contribution in [0.25, 0.3) is 0 Å². The number of hydrogen-bond donors (Lipinski definition) is 0. The Hall–Kier alpha value is -1.54. The lowest BCUT2D eigenvalue weighted by atomic mass is 9.82. The van der Waals surface area contributed by atoms with E-state index in [-0.39, 0.29) is 5.41 Å². The molecule has 2 heteroatoms. The van der Waals surface area contributed by atoms with E-state index in [1.807, 2.05) is 12.1 Å². The zero-order valence-electron chi connectivity index (χ0n) is 14.5. The molecule has 0 N–H and O–H groups in total. The fraction of sp³-hybridized carbons (Fsp3) is 0.500. The Morgan fingerprint density at radius 1 is 1.00 bits per heavy atom. The molecule has 1 aromatic carbocycles. The zero-order chi connectivity index (χ0) is 16.2. The molecule has 2 nitrogen and oxygen atoms in total. The van der Waals surface area contributed by atoms with Gasteiger partial charge in [0, 0.05) is 7.11 Å². The lowest BCUT2D eigenvalue weighted by Crippen LogP contribution is -2.11. The molecular formula is C20H28O2. The molecule has 1 aromatic rings. The van der Waals surface area contributed by atoms with Crippen molar-refractivity contribution in [2.45, 2.75) is 33.6 Å². The third kappa shape index (κ3) is 4.23. The first-order chi connectivity index (χ1) is 10.4. The summed E-state index contributed by atoms with van der Waals surface area (Å²) in [6.45, 7) is 7.65. The highest BCUT2D eigenvalue weighted by Crippen LogP contribution is 2.39. The van der Waals surface area contributed by atoms with Crippen molar-refractivity contribution in [2.24, 2.45) is 11.3 Å². The molecule has 0 aromatic heterocycles. The number of methoxy groups -OCH3 is 2. The molecule has 0 amide bonds. The SMILES string of the molecule is COCCC1=CC(Cc2ccc(OC)cc2)C=C1C(C)(C)C. The van der Waals surface area contributed by atoms with Crippen LogP contribution in [0.2, 0.25) is 0 Å². The average molecular weight is 300 g/mol. The van der Waals surface area contributed by atoms with E-state index in [0.29, 0.717) is 5.92 Å². The molecule has 1 atom stereocenters. The third-order valence-corrected chi connectivity index (χ3v) is 4.16. The largest absolute Gasteiger partial charge is 0.497 e. The molecule has 2 rings (SSSR count). The van der Waals surface area contributed by atoms with Crippen LogP contribution in [0.4, 0.5) is 0 Å². The van der Waals surface area contributed by atoms with Crippen molar-refractivity contribution < 1.29 is 9.47 Å². The fourth-order valence-electron chi connectivity index (χ4n) is 3.03. The van der Waals surface area contributed by atoms with Gasteiger partial charge in [-0.05, 0) is 53.0 Å². The Labute approximate surface area is 134 Å². The minimum atomic E-state index is 0.189. The standard InChI is InChI=1S/C20H28O2/c1-20(2,3)19-14-16(13-17(19)10-11-21-4)12-15-6-8-18(22-5)9-7-15/h6-9,13-14,16H,10-12H2,1-5H3. The summed E-state index contributed by atoms with van der Waals surface area (Å²) < 4.78 is 10.5. The molecule has 0 radical (unpaired) electrons. The Bertz CT molecular complexity index is 544. The van der Waals surface area contributed by atoms with E-state index in [9.17, 15) is 0 Å². The van der Waals surface area contributed by atoms with Crippen LogP contribution < -0.4 is 4.74 Å². The average Bonchev–Trinajstić information content (AvgIpc) is 2.89. The van der Waals surface area contributed by atoms with Crippen molar-refractivity contribution in [3.05, 3.63) is 53.1 Å². The quantitative estimate of drug-likeness (QED) is 0.751. The molecule has 0 saturated heterocycles. The maximum Gasteiger partial charge on any atom is 0.118 e. The summed E-state index contributed by atoms with van der Waals surface area (Å²) in [6, 6.07) is 8.39. The van der Waals surface area contributed by atoms with Gasteiger partial charge in [0.1, 0.15) is 5.75 Å². The summed E-state index contributed by atoms with van der Waals surface area (Å²) in [6.07, 6.45) is 6.90. The Morgan fingerprint density at radius 3 is 2.23 bits per heavy atom. The summed E-state index contributed by atoms with van der Waals surface area (Å²) in [4.78, 5) is 0. The molecule has 0 bridgehead atoms. The van der Waals surface area contributed by atoms with Gasteiger partial charge in [-0.15, -0.1) is 0 Å². The van der Waals surface area contributed by atoms with Crippen molar-refractivity contribution in [1.29, 1.82) is 0 Å². The summed E-state index contributed by atoms with van der Waals surface area (Å²) in [5.74, 6) is 1.40. The first-order valence-electron chi connectivity index (χ1n) is 7.99. The summed E-state index contributed by atoms with van der Waals surface area (Å²) in [5.41, 5.74) is 4.46. The number of allylic oxidation sites excluding steroid dienone is 3. The molecule has 0 heterocycles. The fourth-order valence-corrected chi connectivity index (χ4v) is 3.03. The highest BCUT2D eigenvalue weighted by Gasteiger charge is 2.26. The van der Waals surface area contributed by atoms with Crippen molar-refractivity contribution in [1.82, 2.24) is 0 Å². The minimum absolute atomic E-state index is 0.189. The predicted octanol–water partition coefficient (Wildman–Crippen LogP) is 4.80. The van der Waals surface area contributed by atoms with Crippen LogP contribution in [0.1, 0.15) is 32.8 Å². The van der Waals surface area contributed by atoms with E-state index in [2.05, 4.69) is 45.1 Å². The molecule has 1 aliphatic carbocycles. The van der Waals surface area contributed by atoms with Crippen LogP contribution >= 0.6 is 0 Å². The Balaban J connectivity index is 2.13. The second-order valence-electron chi connectivity index (χ2n) is 6.98. The topological polar surface area (TPSA) is 18.5 Å². The molecule has 1 aliphatic rings. The van der Waals surface area contributed by atoms with E-state index in [1.54, 1.807) is 14.2 Å². The van der Waals surface area contributed by atoms with Gasteiger partial charge in [0.15, 0.2) is 0 Å². The first-order valence-corrected chi connectivity index (χ1v) is 7.99. The second-order valence-corrected chi connectivity index (χ2v) is 6.98. The van der Waals surface area contributed by atoms with Gasteiger partial charge in [0.05, 0.1) is 13.7 Å². The van der Waals surface area contributed by atoms with Crippen LogP contribution in [-0.4, -0.2) is 20.8 Å². The van der Waals surface area contributed by atoms with Gasteiger partial charge in [0.25, 0.3) is 0 Å². The van der Waals surface area contributed by atoms with Crippen LogP contribution in [0.15, 0.2) is 47.6 Å². The van der Waals surface area contributed by atoms with Gasteiger partial charge in [-0.25, -0.2) is 0 Å². The molecule has 120 valence electrons. The van der Waals surface area contributed by atoms with Crippen LogP contribution in [0.3, 0.4) is 0 Å². The summed E-state index contributed by atoms with van der Waals surface area (Å²) >= 11 is 0.